The molecule has 0 aliphatic heterocycles. The topological polar surface area (TPSA) is 40.7 Å². The standard InChI is InChI=1S/C22H26ClN3/c1-22(2,18-10-12-19(23)13-11-18)25-14-6-9-21-24-16-20(26-21)15-17-7-4-3-5-8-17/h3-5,7-8,10-13,16,25H,6,9,14-15H2,1-2H3,(H,24,26). The summed E-state index contributed by atoms with van der Waals surface area (Å²) in [5, 5.41) is 4.40. The maximum atomic E-state index is 5.98. The molecule has 2 aromatic carbocycles. The molecular weight excluding hydrogens is 342 g/mol. The zero-order valence-electron chi connectivity index (χ0n) is 15.4. The minimum atomic E-state index is -0.0772. The summed E-state index contributed by atoms with van der Waals surface area (Å²) >= 11 is 5.98. The van der Waals surface area contributed by atoms with Crippen molar-refractivity contribution in [3.05, 3.63) is 88.5 Å². The van der Waals surface area contributed by atoms with E-state index in [2.05, 4.69) is 60.5 Å². The number of aromatic nitrogens is 2. The number of H-pyrrole nitrogens is 1. The largest absolute Gasteiger partial charge is 0.348 e. The summed E-state index contributed by atoms with van der Waals surface area (Å²) in [6, 6.07) is 18.5. The maximum Gasteiger partial charge on any atom is 0.106 e. The molecule has 0 spiro atoms. The molecule has 26 heavy (non-hydrogen) atoms. The Kier molecular flexibility index (Phi) is 6.12. The van der Waals surface area contributed by atoms with Crippen LogP contribution < -0.4 is 5.32 Å². The van der Waals surface area contributed by atoms with Gasteiger partial charge in [-0.25, -0.2) is 4.98 Å². The third kappa shape index (κ3) is 5.20. The van der Waals surface area contributed by atoms with E-state index >= 15 is 0 Å². The van der Waals surface area contributed by atoms with Gasteiger partial charge >= 0.3 is 0 Å². The summed E-state index contributed by atoms with van der Waals surface area (Å²) in [4.78, 5) is 8.02. The smallest absolute Gasteiger partial charge is 0.106 e. The molecule has 0 saturated heterocycles. The van der Waals surface area contributed by atoms with E-state index in [-0.39, 0.29) is 5.54 Å². The number of hydrogen-bond donors (Lipinski definition) is 2. The molecule has 136 valence electrons. The molecule has 0 aliphatic carbocycles. The average Bonchev–Trinajstić information content (AvgIpc) is 3.07. The van der Waals surface area contributed by atoms with E-state index in [0.717, 1.165) is 42.3 Å². The molecule has 0 unspecified atom stereocenters. The fraction of sp³-hybridized carbons (Fsp3) is 0.318. The highest BCUT2D eigenvalue weighted by atomic mass is 35.5. The summed E-state index contributed by atoms with van der Waals surface area (Å²) in [6.07, 6.45) is 4.88. The van der Waals surface area contributed by atoms with Crippen LogP contribution in [-0.2, 0) is 18.4 Å². The number of aryl methyl sites for hydroxylation is 1. The lowest BCUT2D eigenvalue weighted by molar-refractivity contribution is 0.399. The van der Waals surface area contributed by atoms with E-state index < -0.39 is 0 Å². The lowest BCUT2D eigenvalue weighted by Gasteiger charge is -2.27. The second-order valence-electron chi connectivity index (χ2n) is 7.16. The van der Waals surface area contributed by atoms with Gasteiger partial charge in [-0.2, -0.15) is 0 Å². The van der Waals surface area contributed by atoms with Crippen LogP contribution in [0.25, 0.3) is 0 Å². The van der Waals surface area contributed by atoms with Gasteiger partial charge < -0.3 is 10.3 Å². The molecule has 0 radical (unpaired) electrons. The van der Waals surface area contributed by atoms with Gasteiger partial charge in [0.25, 0.3) is 0 Å². The van der Waals surface area contributed by atoms with Crippen LogP contribution in [0, 0.1) is 0 Å². The molecule has 3 rings (SSSR count). The van der Waals surface area contributed by atoms with Gasteiger partial charge in [-0.05, 0) is 50.1 Å². The Balaban J connectivity index is 1.45. The van der Waals surface area contributed by atoms with Crippen molar-refractivity contribution < 1.29 is 0 Å². The molecule has 0 atom stereocenters. The number of nitrogens with zero attached hydrogens (tertiary/aromatic N) is 1. The number of halogens is 1. The van der Waals surface area contributed by atoms with Crippen molar-refractivity contribution in [2.75, 3.05) is 6.54 Å². The number of aromatic amines is 1. The second-order valence-corrected chi connectivity index (χ2v) is 7.60. The highest BCUT2D eigenvalue weighted by molar-refractivity contribution is 6.30. The quantitative estimate of drug-likeness (QED) is 0.543. The third-order valence-electron chi connectivity index (χ3n) is 4.64. The van der Waals surface area contributed by atoms with Crippen LogP contribution in [0.4, 0.5) is 0 Å². The molecular formula is C22H26ClN3. The molecule has 0 aliphatic rings. The lowest BCUT2D eigenvalue weighted by Crippen LogP contribution is -2.37. The summed E-state index contributed by atoms with van der Waals surface area (Å²) in [6.45, 7) is 5.33. The van der Waals surface area contributed by atoms with Gasteiger partial charge in [0.15, 0.2) is 0 Å². The van der Waals surface area contributed by atoms with Crippen molar-refractivity contribution in [2.24, 2.45) is 0 Å². The predicted molar refractivity (Wildman–Crippen MR) is 109 cm³/mol. The van der Waals surface area contributed by atoms with Crippen molar-refractivity contribution in [3.8, 4) is 0 Å². The zero-order valence-corrected chi connectivity index (χ0v) is 16.2. The Morgan fingerprint density at radius 1 is 1.04 bits per heavy atom. The van der Waals surface area contributed by atoms with Gasteiger partial charge in [-0.1, -0.05) is 54.1 Å². The Morgan fingerprint density at radius 3 is 2.50 bits per heavy atom. The van der Waals surface area contributed by atoms with Crippen molar-refractivity contribution >= 4 is 11.6 Å². The first-order valence-electron chi connectivity index (χ1n) is 9.11. The monoisotopic (exact) mass is 367 g/mol. The molecule has 4 heteroatoms. The predicted octanol–water partition coefficient (Wildman–Crippen LogP) is 5.11. The van der Waals surface area contributed by atoms with E-state index in [0.29, 0.717) is 0 Å². The molecule has 1 aromatic heterocycles. The molecule has 0 saturated carbocycles. The minimum Gasteiger partial charge on any atom is -0.348 e. The first-order valence-corrected chi connectivity index (χ1v) is 9.49. The van der Waals surface area contributed by atoms with Crippen LogP contribution in [0.15, 0.2) is 60.8 Å². The highest BCUT2D eigenvalue weighted by Crippen LogP contribution is 2.21. The van der Waals surface area contributed by atoms with Crippen LogP contribution in [0.3, 0.4) is 0 Å². The third-order valence-corrected chi connectivity index (χ3v) is 4.89. The second kappa shape index (κ2) is 8.52. The molecule has 0 fully saturated rings. The number of imidazole rings is 1. The molecule has 0 bridgehead atoms. The number of benzene rings is 2. The Hall–Kier alpha value is -2.10. The van der Waals surface area contributed by atoms with Crippen molar-refractivity contribution in [3.63, 3.8) is 0 Å². The average molecular weight is 368 g/mol. The van der Waals surface area contributed by atoms with Gasteiger partial charge in [-0.3, -0.25) is 0 Å². The molecule has 2 N–H and O–H groups in total. The van der Waals surface area contributed by atoms with Crippen LogP contribution in [0.2, 0.25) is 5.02 Å². The molecule has 3 nitrogen and oxygen atoms in total. The van der Waals surface area contributed by atoms with Crippen molar-refractivity contribution in [2.45, 2.75) is 38.6 Å². The van der Waals surface area contributed by atoms with Crippen LogP contribution in [0.5, 0.6) is 0 Å². The lowest BCUT2D eigenvalue weighted by atomic mass is 9.94. The molecule has 1 heterocycles. The fourth-order valence-electron chi connectivity index (χ4n) is 3.05. The van der Waals surface area contributed by atoms with Crippen molar-refractivity contribution in [1.29, 1.82) is 0 Å². The molecule has 3 aromatic rings. The van der Waals surface area contributed by atoms with Crippen molar-refractivity contribution in [1.82, 2.24) is 15.3 Å². The van der Waals surface area contributed by atoms with Crippen LogP contribution in [-0.4, -0.2) is 16.5 Å². The van der Waals surface area contributed by atoms with Gasteiger partial charge in [0.1, 0.15) is 5.82 Å². The summed E-state index contributed by atoms with van der Waals surface area (Å²) in [5.41, 5.74) is 3.55. The number of nitrogens with one attached hydrogen (secondary N) is 2. The molecule has 0 amide bonds. The minimum absolute atomic E-state index is 0.0772. The van der Waals surface area contributed by atoms with E-state index in [4.69, 9.17) is 16.6 Å². The normalized spacial score (nSPS) is 11.7. The summed E-state index contributed by atoms with van der Waals surface area (Å²) in [7, 11) is 0. The van der Waals surface area contributed by atoms with Crippen LogP contribution in [0.1, 0.15) is 42.9 Å². The Bertz CT molecular complexity index is 807. The Labute approximate surface area is 160 Å². The zero-order chi connectivity index (χ0) is 18.4. The summed E-state index contributed by atoms with van der Waals surface area (Å²) < 4.78 is 0. The number of hydrogen-bond acceptors (Lipinski definition) is 2. The highest BCUT2D eigenvalue weighted by Gasteiger charge is 2.19. The SMILES string of the molecule is CC(C)(NCCCc1nc(Cc2ccccc2)c[nH]1)c1ccc(Cl)cc1. The maximum absolute atomic E-state index is 5.98. The van der Waals surface area contributed by atoms with E-state index in [9.17, 15) is 0 Å². The van der Waals surface area contributed by atoms with Gasteiger partial charge in [0, 0.05) is 29.6 Å². The van der Waals surface area contributed by atoms with Gasteiger partial charge in [-0.15, -0.1) is 0 Å². The number of rotatable bonds is 8. The first-order chi connectivity index (χ1) is 12.5. The van der Waals surface area contributed by atoms with E-state index in [1.807, 2.05) is 24.4 Å². The van der Waals surface area contributed by atoms with Gasteiger partial charge in [0.2, 0.25) is 0 Å². The van der Waals surface area contributed by atoms with Gasteiger partial charge in [0.05, 0.1) is 5.69 Å². The fourth-order valence-corrected chi connectivity index (χ4v) is 3.18. The van der Waals surface area contributed by atoms with E-state index in [1.54, 1.807) is 0 Å². The summed E-state index contributed by atoms with van der Waals surface area (Å²) in [5.74, 6) is 1.06. The Morgan fingerprint density at radius 2 is 1.77 bits per heavy atom. The van der Waals surface area contributed by atoms with Crippen LogP contribution >= 0.6 is 11.6 Å². The van der Waals surface area contributed by atoms with E-state index in [1.165, 1.54) is 11.1 Å². The first kappa shape index (κ1) is 18.7.